The molecule has 6 heteroatoms. The number of hydrogen-bond donors (Lipinski definition) is 1. The average molecular weight is 502 g/mol. The number of carbonyl (C=O) groups excluding carboxylic acids is 2. The van der Waals surface area contributed by atoms with Gasteiger partial charge in [-0.3, -0.25) is 4.79 Å². The number of carbonyl (C=O) groups is 2. The van der Waals surface area contributed by atoms with E-state index in [1.54, 1.807) is 14.2 Å². The smallest absolute Gasteiger partial charge is 0.337 e. The van der Waals surface area contributed by atoms with Crippen molar-refractivity contribution in [2.45, 2.75) is 70.3 Å². The third-order valence-corrected chi connectivity index (χ3v) is 7.88. The normalized spacial score (nSPS) is 22.0. The molecule has 194 valence electrons. The first-order chi connectivity index (χ1) is 17.9. The standard InChI is InChI=1S/C31H35NO5/c1-18-8-7-9-21(14-18)29-28(31(34)37-23-10-5-6-11-23)19(2)32-24-15-22(16-25(33)30(24)29)20-12-13-26(35-3)27(17-20)36-4/h7-9,12-14,17,22-23,29,32H,5-6,10-11,15-16H2,1-4H3/t22-,29+/m0/s1. The lowest BCUT2D eigenvalue weighted by atomic mass is 9.71. The number of allylic oxidation sites excluding steroid dienone is 3. The first-order valence-electron chi connectivity index (χ1n) is 13.1. The van der Waals surface area contributed by atoms with Crippen LogP contribution in [-0.2, 0) is 14.3 Å². The molecule has 1 N–H and O–H groups in total. The van der Waals surface area contributed by atoms with Gasteiger partial charge in [-0.15, -0.1) is 0 Å². The van der Waals surface area contributed by atoms with Crippen molar-refractivity contribution in [1.29, 1.82) is 0 Å². The Morgan fingerprint density at radius 2 is 1.68 bits per heavy atom. The van der Waals surface area contributed by atoms with Crippen LogP contribution in [0.25, 0.3) is 0 Å². The van der Waals surface area contributed by atoms with Gasteiger partial charge in [-0.25, -0.2) is 4.79 Å². The zero-order valence-electron chi connectivity index (χ0n) is 22.1. The Labute approximate surface area is 218 Å². The molecule has 2 aromatic rings. The molecule has 0 aromatic heterocycles. The summed E-state index contributed by atoms with van der Waals surface area (Å²) in [5, 5.41) is 3.45. The van der Waals surface area contributed by atoms with E-state index in [-0.39, 0.29) is 23.8 Å². The minimum absolute atomic E-state index is 0.00324. The molecule has 0 amide bonds. The van der Waals surface area contributed by atoms with Crippen LogP contribution in [0.4, 0.5) is 0 Å². The van der Waals surface area contributed by atoms with Crippen molar-refractivity contribution in [3.8, 4) is 11.5 Å². The van der Waals surface area contributed by atoms with Gasteiger partial charge in [-0.2, -0.15) is 0 Å². The van der Waals surface area contributed by atoms with Gasteiger partial charge in [0.2, 0.25) is 0 Å². The maximum atomic E-state index is 13.8. The molecule has 0 saturated heterocycles. The number of benzene rings is 2. The summed E-state index contributed by atoms with van der Waals surface area (Å²) in [5.74, 6) is 0.603. The first kappa shape index (κ1) is 25.1. The van der Waals surface area contributed by atoms with Crippen molar-refractivity contribution in [3.05, 3.63) is 81.7 Å². The molecule has 1 heterocycles. The van der Waals surface area contributed by atoms with E-state index >= 15 is 0 Å². The fourth-order valence-electron chi connectivity index (χ4n) is 6.06. The van der Waals surface area contributed by atoms with Gasteiger partial charge < -0.3 is 19.5 Å². The maximum Gasteiger partial charge on any atom is 0.337 e. The van der Waals surface area contributed by atoms with E-state index in [0.717, 1.165) is 53.8 Å². The summed E-state index contributed by atoms with van der Waals surface area (Å²) in [6, 6.07) is 13.9. The number of Topliss-reactive ketones (excluding diaryl/α,β-unsaturated/α-hetero) is 1. The topological polar surface area (TPSA) is 73.9 Å². The van der Waals surface area contributed by atoms with E-state index in [9.17, 15) is 9.59 Å². The highest BCUT2D eigenvalue weighted by atomic mass is 16.5. The van der Waals surface area contributed by atoms with Crippen molar-refractivity contribution in [2.75, 3.05) is 14.2 Å². The van der Waals surface area contributed by atoms with Crippen molar-refractivity contribution in [2.24, 2.45) is 0 Å². The van der Waals surface area contributed by atoms with Gasteiger partial charge >= 0.3 is 5.97 Å². The molecule has 0 radical (unpaired) electrons. The molecule has 0 bridgehead atoms. The predicted molar refractivity (Wildman–Crippen MR) is 142 cm³/mol. The van der Waals surface area contributed by atoms with Gasteiger partial charge in [-0.1, -0.05) is 35.9 Å². The van der Waals surface area contributed by atoms with Gasteiger partial charge in [0.1, 0.15) is 6.10 Å². The lowest BCUT2D eigenvalue weighted by Crippen LogP contribution is -2.36. The number of rotatable bonds is 6. The number of ketones is 1. The van der Waals surface area contributed by atoms with Crippen LogP contribution in [0.1, 0.15) is 74.0 Å². The largest absolute Gasteiger partial charge is 0.493 e. The van der Waals surface area contributed by atoms with E-state index < -0.39 is 5.92 Å². The van der Waals surface area contributed by atoms with Crippen LogP contribution in [0.2, 0.25) is 0 Å². The lowest BCUT2D eigenvalue weighted by molar-refractivity contribution is -0.144. The highest BCUT2D eigenvalue weighted by Gasteiger charge is 2.42. The van der Waals surface area contributed by atoms with E-state index in [0.29, 0.717) is 35.5 Å². The summed E-state index contributed by atoms with van der Waals surface area (Å²) < 4.78 is 16.9. The second-order valence-corrected chi connectivity index (χ2v) is 10.4. The van der Waals surface area contributed by atoms with Crippen LogP contribution in [0, 0.1) is 6.92 Å². The third kappa shape index (κ3) is 4.89. The molecule has 2 atom stereocenters. The fraction of sp³-hybridized carbons (Fsp3) is 0.419. The third-order valence-electron chi connectivity index (χ3n) is 7.88. The van der Waals surface area contributed by atoms with Crippen LogP contribution in [-0.4, -0.2) is 32.1 Å². The Morgan fingerprint density at radius 1 is 0.919 bits per heavy atom. The van der Waals surface area contributed by atoms with Crippen molar-refractivity contribution in [1.82, 2.24) is 5.32 Å². The van der Waals surface area contributed by atoms with Gasteiger partial charge in [0.25, 0.3) is 0 Å². The van der Waals surface area contributed by atoms with Crippen LogP contribution in [0.15, 0.2) is 65.0 Å². The highest BCUT2D eigenvalue weighted by molar-refractivity contribution is 6.04. The number of methoxy groups -OCH3 is 2. The monoisotopic (exact) mass is 501 g/mol. The Kier molecular flexibility index (Phi) is 7.09. The molecule has 2 aromatic carbocycles. The first-order valence-corrected chi connectivity index (χ1v) is 13.1. The Morgan fingerprint density at radius 3 is 2.38 bits per heavy atom. The summed E-state index contributed by atoms with van der Waals surface area (Å²) in [5.41, 5.74) is 5.95. The number of dihydropyridines is 1. The average Bonchev–Trinajstić information content (AvgIpc) is 3.40. The number of ether oxygens (including phenoxy) is 3. The summed E-state index contributed by atoms with van der Waals surface area (Å²) in [6.07, 6.45) is 4.96. The Bertz CT molecular complexity index is 1280. The molecule has 1 aliphatic heterocycles. The molecule has 1 saturated carbocycles. The molecule has 6 nitrogen and oxygen atoms in total. The fourth-order valence-corrected chi connectivity index (χ4v) is 6.06. The van der Waals surface area contributed by atoms with Crippen LogP contribution in [0.3, 0.4) is 0 Å². The summed E-state index contributed by atoms with van der Waals surface area (Å²) in [4.78, 5) is 27.4. The zero-order valence-corrected chi connectivity index (χ0v) is 22.1. The molecule has 3 aliphatic rings. The Balaban J connectivity index is 1.53. The molecule has 0 spiro atoms. The lowest BCUT2D eigenvalue weighted by Gasteiger charge is -2.37. The predicted octanol–water partition coefficient (Wildman–Crippen LogP) is 5.86. The van der Waals surface area contributed by atoms with E-state index in [1.807, 2.05) is 50.2 Å². The highest BCUT2D eigenvalue weighted by Crippen LogP contribution is 2.46. The summed E-state index contributed by atoms with van der Waals surface area (Å²) in [7, 11) is 3.23. The van der Waals surface area contributed by atoms with Crippen molar-refractivity contribution >= 4 is 11.8 Å². The maximum absolute atomic E-state index is 13.8. The zero-order chi connectivity index (χ0) is 26.1. The van der Waals surface area contributed by atoms with Crippen molar-refractivity contribution < 1.29 is 23.8 Å². The number of esters is 1. The van der Waals surface area contributed by atoms with Crippen molar-refractivity contribution in [3.63, 3.8) is 0 Å². The Hall–Kier alpha value is -3.54. The van der Waals surface area contributed by atoms with Gasteiger partial charge in [-0.05, 0) is 75.1 Å². The van der Waals surface area contributed by atoms with E-state index in [1.165, 1.54) is 0 Å². The quantitative estimate of drug-likeness (QED) is 0.500. The SMILES string of the molecule is COc1ccc([C@@H]2CC(=O)C3=C(C2)NC(C)=C(C(=O)OC2CCCC2)[C@H]3c2cccc(C)c2)cc1OC. The van der Waals surface area contributed by atoms with E-state index in [2.05, 4.69) is 11.4 Å². The second kappa shape index (κ2) is 10.4. The van der Waals surface area contributed by atoms with Crippen LogP contribution < -0.4 is 14.8 Å². The molecule has 1 fully saturated rings. The minimum atomic E-state index is -0.441. The number of nitrogens with one attached hydrogen (secondary N) is 1. The summed E-state index contributed by atoms with van der Waals surface area (Å²) in [6.45, 7) is 3.95. The molecule has 2 aliphatic carbocycles. The van der Waals surface area contributed by atoms with Crippen LogP contribution >= 0.6 is 0 Å². The van der Waals surface area contributed by atoms with Gasteiger partial charge in [0.05, 0.1) is 19.8 Å². The van der Waals surface area contributed by atoms with Crippen LogP contribution in [0.5, 0.6) is 11.5 Å². The molecule has 5 rings (SSSR count). The van der Waals surface area contributed by atoms with E-state index in [4.69, 9.17) is 14.2 Å². The number of aryl methyl sites for hydroxylation is 1. The van der Waals surface area contributed by atoms with Gasteiger partial charge in [0.15, 0.2) is 17.3 Å². The molecule has 0 unspecified atom stereocenters. The van der Waals surface area contributed by atoms with Gasteiger partial charge in [0, 0.05) is 29.3 Å². The minimum Gasteiger partial charge on any atom is -0.493 e. The molecular formula is C31H35NO5. The molecule has 37 heavy (non-hydrogen) atoms. The summed E-state index contributed by atoms with van der Waals surface area (Å²) >= 11 is 0. The second-order valence-electron chi connectivity index (χ2n) is 10.4. The molecular weight excluding hydrogens is 466 g/mol. The number of hydrogen-bond acceptors (Lipinski definition) is 6.